The number of benzene rings is 1. The summed E-state index contributed by atoms with van der Waals surface area (Å²) in [5.74, 6) is 0. The maximum Gasteiger partial charge on any atom is 0.289 e. The third kappa shape index (κ3) is 3.68. The first kappa shape index (κ1) is 15.2. The normalized spacial score (nSPS) is 16.3. The number of aliphatic hydroxyl groups excluding tert-OH is 1. The third-order valence-electron chi connectivity index (χ3n) is 3.67. The Kier molecular flexibility index (Phi) is 5.09. The van der Waals surface area contributed by atoms with Gasteiger partial charge >= 0.3 is 0 Å². The van der Waals surface area contributed by atoms with Crippen LogP contribution in [0.2, 0.25) is 0 Å². The molecule has 0 atom stereocenters. The minimum atomic E-state index is -0.516. The molecule has 21 heavy (non-hydrogen) atoms. The molecular formula is C14H18N4O3. The lowest BCUT2D eigenvalue weighted by molar-refractivity contribution is -0.385. The van der Waals surface area contributed by atoms with Gasteiger partial charge in [0, 0.05) is 37.9 Å². The third-order valence-corrected chi connectivity index (χ3v) is 3.67. The summed E-state index contributed by atoms with van der Waals surface area (Å²) in [4.78, 5) is 14.8. The van der Waals surface area contributed by atoms with E-state index in [2.05, 4.69) is 9.80 Å². The number of nitriles is 1. The number of nitro groups is 1. The molecule has 0 spiro atoms. The molecule has 1 aromatic rings. The Morgan fingerprint density at radius 1 is 1.33 bits per heavy atom. The molecule has 0 bridgehead atoms. The van der Waals surface area contributed by atoms with Crippen molar-refractivity contribution in [2.45, 2.75) is 6.42 Å². The van der Waals surface area contributed by atoms with E-state index in [-0.39, 0.29) is 17.9 Å². The Bertz CT molecular complexity index is 556. The molecule has 1 aliphatic rings. The largest absolute Gasteiger partial charge is 0.395 e. The molecule has 1 aliphatic heterocycles. The van der Waals surface area contributed by atoms with Crippen LogP contribution >= 0.6 is 0 Å². The summed E-state index contributed by atoms with van der Waals surface area (Å²) in [5, 5.41) is 28.9. The number of β-amino-alcohol motifs (C(OH)–C–C–N with tert-alkyl or cyclic N) is 1. The van der Waals surface area contributed by atoms with Crippen molar-refractivity contribution in [3.63, 3.8) is 0 Å². The molecule has 1 heterocycles. The quantitative estimate of drug-likeness (QED) is 0.656. The van der Waals surface area contributed by atoms with Crippen LogP contribution in [-0.2, 0) is 0 Å². The first-order valence-electron chi connectivity index (χ1n) is 6.92. The fraction of sp³-hybridized carbons (Fsp3) is 0.500. The van der Waals surface area contributed by atoms with Gasteiger partial charge in [0.15, 0.2) is 0 Å². The van der Waals surface area contributed by atoms with Crippen LogP contribution in [0.1, 0.15) is 12.0 Å². The van der Waals surface area contributed by atoms with Gasteiger partial charge in [-0.25, -0.2) is 0 Å². The number of nitro benzene ring substituents is 1. The van der Waals surface area contributed by atoms with Crippen LogP contribution in [0.25, 0.3) is 0 Å². The fourth-order valence-electron chi connectivity index (χ4n) is 2.56. The number of aliphatic hydroxyl groups is 1. The highest BCUT2D eigenvalue weighted by Crippen LogP contribution is 2.26. The SMILES string of the molecule is N#Cc1ccc(N2CCCN(CCO)CC2)cc1[N+](=O)[O-]. The van der Waals surface area contributed by atoms with Crippen molar-refractivity contribution in [3.8, 4) is 6.07 Å². The Labute approximate surface area is 123 Å². The van der Waals surface area contributed by atoms with Crippen molar-refractivity contribution in [2.24, 2.45) is 0 Å². The lowest BCUT2D eigenvalue weighted by Gasteiger charge is -2.23. The van der Waals surface area contributed by atoms with Gasteiger partial charge in [-0.1, -0.05) is 0 Å². The lowest BCUT2D eigenvalue weighted by Crippen LogP contribution is -2.32. The van der Waals surface area contributed by atoms with Crippen LogP contribution in [0.15, 0.2) is 18.2 Å². The van der Waals surface area contributed by atoms with E-state index in [9.17, 15) is 10.1 Å². The van der Waals surface area contributed by atoms with Gasteiger partial charge in [0.05, 0.1) is 11.5 Å². The van der Waals surface area contributed by atoms with Gasteiger partial charge < -0.3 is 10.0 Å². The van der Waals surface area contributed by atoms with Crippen molar-refractivity contribution < 1.29 is 10.0 Å². The molecule has 0 radical (unpaired) electrons. The highest BCUT2D eigenvalue weighted by atomic mass is 16.6. The van der Waals surface area contributed by atoms with Crippen LogP contribution in [0.4, 0.5) is 11.4 Å². The minimum Gasteiger partial charge on any atom is -0.395 e. The summed E-state index contributed by atoms with van der Waals surface area (Å²) in [6.07, 6.45) is 0.938. The summed E-state index contributed by atoms with van der Waals surface area (Å²) in [7, 11) is 0. The highest BCUT2D eigenvalue weighted by molar-refractivity contribution is 5.60. The van der Waals surface area contributed by atoms with E-state index in [1.165, 1.54) is 12.1 Å². The number of hydrogen-bond donors (Lipinski definition) is 1. The Hall–Kier alpha value is -2.17. The van der Waals surface area contributed by atoms with E-state index < -0.39 is 4.92 Å². The lowest BCUT2D eigenvalue weighted by atomic mass is 10.1. The van der Waals surface area contributed by atoms with Gasteiger partial charge in [-0.15, -0.1) is 0 Å². The van der Waals surface area contributed by atoms with E-state index >= 15 is 0 Å². The molecule has 112 valence electrons. The van der Waals surface area contributed by atoms with E-state index in [4.69, 9.17) is 10.4 Å². The summed E-state index contributed by atoms with van der Waals surface area (Å²) in [6, 6.07) is 6.58. The van der Waals surface area contributed by atoms with Crippen LogP contribution in [0, 0.1) is 21.4 Å². The number of hydrogen-bond acceptors (Lipinski definition) is 6. The fourth-order valence-corrected chi connectivity index (χ4v) is 2.56. The van der Waals surface area contributed by atoms with Gasteiger partial charge in [0.2, 0.25) is 0 Å². The smallest absolute Gasteiger partial charge is 0.289 e. The molecule has 1 aromatic carbocycles. The second-order valence-electron chi connectivity index (χ2n) is 4.98. The maximum atomic E-state index is 11.0. The molecule has 7 nitrogen and oxygen atoms in total. The molecule has 1 fully saturated rings. The van der Waals surface area contributed by atoms with Gasteiger partial charge in [0.25, 0.3) is 5.69 Å². The zero-order valence-corrected chi connectivity index (χ0v) is 11.7. The number of rotatable bonds is 4. The first-order valence-corrected chi connectivity index (χ1v) is 6.92. The summed E-state index contributed by atoms with van der Waals surface area (Å²) < 4.78 is 0. The molecule has 0 unspecified atom stereocenters. The van der Waals surface area contributed by atoms with Crippen molar-refractivity contribution >= 4 is 11.4 Å². The monoisotopic (exact) mass is 290 g/mol. The highest BCUT2D eigenvalue weighted by Gasteiger charge is 2.19. The Balaban J connectivity index is 2.17. The molecule has 1 saturated heterocycles. The van der Waals surface area contributed by atoms with E-state index in [1.54, 1.807) is 6.07 Å². The molecule has 0 amide bonds. The van der Waals surface area contributed by atoms with E-state index in [1.807, 2.05) is 6.07 Å². The molecular weight excluding hydrogens is 272 g/mol. The molecule has 1 N–H and O–H groups in total. The minimum absolute atomic E-state index is 0.0838. The van der Waals surface area contributed by atoms with Crippen molar-refractivity contribution in [3.05, 3.63) is 33.9 Å². The van der Waals surface area contributed by atoms with Crippen molar-refractivity contribution in [1.29, 1.82) is 5.26 Å². The number of nitrogens with zero attached hydrogens (tertiary/aromatic N) is 4. The summed E-state index contributed by atoms with van der Waals surface area (Å²) >= 11 is 0. The Morgan fingerprint density at radius 3 is 2.81 bits per heavy atom. The molecule has 0 aromatic heterocycles. The van der Waals surface area contributed by atoms with Crippen LogP contribution in [-0.4, -0.2) is 54.3 Å². The molecule has 0 saturated carbocycles. The molecule has 7 heteroatoms. The average molecular weight is 290 g/mol. The van der Waals surface area contributed by atoms with Crippen LogP contribution in [0.3, 0.4) is 0 Å². The predicted octanol–water partition coefficient (Wildman–Crippen LogP) is 0.971. The first-order chi connectivity index (χ1) is 10.2. The van der Waals surface area contributed by atoms with Crippen molar-refractivity contribution in [2.75, 3.05) is 44.2 Å². The maximum absolute atomic E-state index is 11.0. The second kappa shape index (κ2) is 7.02. The topological polar surface area (TPSA) is 93.6 Å². The summed E-state index contributed by atoms with van der Waals surface area (Å²) in [6.45, 7) is 4.08. The Morgan fingerprint density at radius 2 is 2.14 bits per heavy atom. The second-order valence-corrected chi connectivity index (χ2v) is 4.98. The van der Waals surface area contributed by atoms with Crippen molar-refractivity contribution in [1.82, 2.24) is 4.90 Å². The zero-order valence-electron chi connectivity index (χ0n) is 11.7. The van der Waals surface area contributed by atoms with Gasteiger partial charge in [-0.2, -0.15) is 5.26 Å². The van der Waals surface area contributed by atoms with Crippen LogP contribution < -0.4 is 4.90 Å². The predicted molar refractivity (Wildman–Crippen MR) is 78.2 cm³/mol. The van der Waals surface area contributed by atoms with Crippen LogP contribution in [0.5, 0.6) is 0 Å². The van der Waals surface area contributed by atoms with E-state index in [0.29, 0.717) is 6.54 Å². The number of anilines is 1. The molecule has 0 aliphatic carbocycles. The van der Waals surface area contributed by atoms with E-state index in [0.717, 1.165) is 38.3 Å². The van der Waals surface area contributed by atoms with Gasteiger partial charge in [-0.3, -0.25) is 15.0 Å². The molecule has 2 rings (SSSR count). The summed E-state index contributed by atoms with van der Waals surface area (Å²) in [5.41, 5.74) is 0.707. The van der Waals surface area contributed by atoms with Gasteiger partial charge in [0.1, 0.15) is 11.6 Å². The standard InChI is InChI=1S/C14H18N4O3/c15-11-12-2-3-13(10-14(12)18(20)21)17-5-1-4-16(6-7-17)8-9-19/h2-3,10,19H,1,4-9H2. The average Bonchev–Trinajstić information content (AvgIpc) is 2.72. The van der Waals surface area contributed by atoms with Gasteiger partial charge in [-0.05, 0) is 25.1 Å². The zero-order chi connectivity index (χ0) is 15.2.